The Hall–Kier alpha value is -1.89. The molecule has 0 saturated carbocycles. The molecule has 92 valence electrons. The summed E-state index contributed by atoms with van der Waals surface area (Å²) in [7, 11) is 0. The van der Waals surface area contributed by atoms with Crippen LogP contribution in [-0.2, 0) is 6.42 Å². The van der Waals surface area contributed by atoms with Crippen molar-refractivity contribution < 1.29 is 4.79 Å². The molecule has 0 radical (unpaired) electrons. The standard InChI is InChI=1S/C17H18O/c1-12-4-6-16(7-5-12)17(18)11-15-9-13(2)8-14(3)10-15/h4-10H,11H2,1-3H3. The zero-order chi connectivity index (χ0) is 13.1. The monoisotopic (exact) mass is 238 g/mol. The average molecular weight is 238 g/mol. The van der Waals surface area contributed by atoms with Crippen molar-refractivity contribution in [3.63, 3.8) is 0 Å². The van der Waals surface area contributed by atoms with E-state index in [1.54, 1.807) is 0 Å². The largest absolute Gasteiger partial charge is 0.294 e. The van der Waals surface area contributed by atoms with Gasteiger partial charge in [0.25, 0.3) is 0 Å². The van der Waals surface area contributed by atoms with Crippen LogP contribution < -0.4 is 0 Å². The molecule has 2 aromatic carbocycles. The van der Waals surface area contributed by atoms with Crippen LogP contribution in [0.5, 0.6) is 0 Å². The highest BCUT2D eigenvalue weighted by molar-refractivity contribution is 5.97. The van der Waals surface area contributed by atoms with Crippen molar-refractivity contribution in [2.75, 3.05) is 0 Å². The van der Waals surface area contributed by atoms with Crippen molar-refractivity contribution in [1.29, 1.82) is 0 Å². The van der Waals surface area contributed by atoms with Crippen molar-refractivity contribution in [2.24, 2.45) is 0 Å². The normalized spacial score (nSPS) is 10.4. The minimum atomic E-state index is 0.181. The second-order valence-corrected chi connectivity index (χ2v) is 4.96. The second kappa shape index (κ2) is 5.18. The Morgan fingerprint density at radius 3 is 1.94 bits per heavy atom. The average Bonchev–Trinajstić information content (AvgIpc) is 2.28. The Morgan fingerprint density at radius 1 is 0.833 bits per heavy atom. The molecule has 2 aromatic rings. The lowest BCUT2D eigenvalue weighted by molar-refractivity contribution is 0.0993. The summed E-state index contributed by atoms with van der Waals surface area (Å²) in [4.78, 5) is 12.1. The van der Waals surface area contributed by atoms with Gasteiger partial charge < -0.3 is 0 Å². The van der Waals surface area contributed by atoms with Gasteiger partial charge in [-0.05, 0) is 26.3 Å². The van der Waals surface area contributed by atoms with Crippen LogP contribution in [0.15, 0.2) is 42.5 Å². The lowest BCUT2D eigenvalue weighted by atomic mass is 9.99. The van der Waals surface area contributed by atoms with E-state index in [9.17, 15) is 4.79 Å². The van der Waals surface area contributed by atoms with Gasteiger partial charge in [0.15, 0.2) is 5.78 Å². The first-order chi connectivity index (χ1) is 8.54. The van der Waals surface area contributed by atoms with Crippen molar-refractivity contribution in [3.8, 4) is 0 Å². The lowest BCUT2D eigenvalue weighted by Gasteiger charge is -2.05. The number of Topliss-reactive ketones (excluding diaryl/α,β-unsaturated/α-hetero) is 1. The summed E-state index contributed by atoms with van der Waals surface area (Å²) >= 11 is 0. The summed E-state index contributed by atoms with van der Waals surface area (Å²) in [6, 6.07) is 14.1. The number of aryl methyl sites for hydroxylation is 3. The molecule has 0 amide bonds. The topological polar surface area (TPSA) is 17.1 Å². The molecule has 0 fully saturated rings. The fraction of sp³-hybridized carbons (Fsp3) is 0.235. The summed E-state index contributed by atoms with van der Waals surface area (Å²) in [5, 5.41) is 0. The Labute approximate surface area is 108 Å². The van der Waals surface area contributed by atoms with E-state index in [1.165, 1.54) is 16.7 Å². The Morgan fingerprint density at radius 2 is 1.39 bits per heavy atom. The SMILES string of the molecule is Cc1ccc(C(=O)Cc2cc(C)cc(C)c2)cc1. The van der Waals surface area contributed by atoms with Crippen LogP contribution in [-0.4, -0.2) is 5.78 Å². The first kappa shape index (κ1) is 12.6. The fourth-order valence-electron chi connectivity index (χ4n) is 2.20. The van der Waals surface area contributed by atoms with E-state index in [2.05, 4.69) is 32.0 Å². The first-order valence-electron chi connectivity index (χ1n) is 6.21. The van der Waals surface area contributed by atoms with Crippen LogP contribution in [0, 0.1) is 20.8 Å². The number of benzene rings is 2. The maximum atomic E-state index is 12.1. The lowest BCUT2D eigenvalue weighted by Crippen LogP contribution is -2.04. The smallest absolute Gasteiger partial charge is 0.167 e. The number of hydrogen-bond acceptors (Lipinski definition) is 1. The van der Waals surface area contributed by atoms with Crippen LogP contribution >= 0.6 is 0 Å². The zero-order valence-electron chi connectivity index (χ0n) is 11.2. The van der Waals surface area contributed by atoms with Gasteiger partial charge in [-0.2, -0.15) is 0 Å². The zero-order valence-corrected chi connectivity index (χ0v) is 11.2. The van der Waals surface area contributed by atoms with Gasteiger partial charge in [-0.1, -0.05) is 59.2 Å². The fourth-order valence-corrected chi connectivity index (χ4v) is 2.20. The third kappa shape index (κ3) is 3.07. The summed E-state index contributed by atoms with van der Waals surface area (Å²) in [6.07, 6.45) is 0.478. The van der Waals surface area contributed by atoms with Crippen molar-refractivity contribution in [2.45, 2.75) is 27.2 Å². The molecule has 0 aliphatic carbocycles. The highest BCUT2D eigenvalue weighted by atomic mass is 16.1. The first-order valence-corrected chi connectivity index (χ1v) is 6.21. The summed E-state index contributed by atoms with van der Waals surface area (Å²) < 4.78 is 0. The molecule has 0 aliphatic rings. The van der Waals surface area contributed by atoms with Crippen molar-refractivity contribution in [1.82, 2.24) is 0 Å². The number of ketones is 1. The Balaban J connectivity index is 2.18. The highest BCUT2D eigenvalue weighted by Crippen LogP contribution is 2.13. The van der Waals surface area contributed by atoms with E-state index >= 15 is 0 Å². The maximum absolute atomic E-state index is 12.1. The number of carbonyl (C=O) groups excluding carboxylic acids is 1. The number of hydrogen-bond donors (Lipinski definition) is 0. The van der Waals surface area contributed by atoms with Crippen LogP contribution in [0.3, 0.4) is 0 Å². The molecule has 2 rings (SSSR count). The van der Waals surface area contributed by atoms with E-state index in [1.807, 2.05) is 31.2 Å². The van der Waals surface area contributed by atoms with E-state index in [-0.39, 0.29) is 5.78 Å². The predicted octanol–water partition coefficient (Wildman–Crippen LogP) is 4.04. The molecular formula is C17H18O. The van der Waals surface area contributed by atoms with Gasteiger partial charge in [0.1, 0.15) is 0 Å². The summed E-state index contributed by atoms with van der Waals surface area (Å²) in [5.41, 5.74) is 5.49. The molecule has 0 N–H and O–H groups in total. The van der Waals surface area contributed by atoms with E-state index in [0.717, 1.165) is 11.1 Å². The molecular weight excluding hydrogens is 220 g/mol. The molecule has 0 aliphatic heterocycles. The third-order valence-corrected chi connectivity index (χ3v) is 3.02. The molecule has 0 heterocycles. The van der Waals surface area contributed by atoms with Crippen LogP contribution in [0.4, 0.5) is 0 Å². The summed E-state index contributed by atoms with van der Waals surface area (Å²) in [5.74, 6) is 0.181. The van der Waals surface area contributed by atoms with Gasteiger partial charge in [0.05, 0.1) is 0 Å². The molecule has 0 unspecified atom stereocenters. The second-order valence-electron chi connectivity index (χ2n) is 4.96. The van der Waals surface area contributed by atoms with Gasteiger partial charge in [0, 0.05) is 12.0 Å². The molecule has 0 atom stereocenters. The van der Waals surface area contributed by atoms with Gasteiger partial charge in [0.2, 0.25) is 0 Å². The van der Waals surface area contributed by atoms with E-state index in [0.29, 0.717) is 6.42 Å². The minimum Gasteiger partial charge on any atom is -0.294 e. The molecule has 0 aromatic heterocycles. The van der Waals surface area contributed by atoms with Crippen LogP contribution in [0.2, 0.25) is 0 Å². The molecule has 0 spiro atoms. The summed E-state index contributed by atoms with van der Waals surface area (Å²) in [6.45, 7) is 6.15. The highest BCUT2D eigenvalue weighted by Gasteiger charge is 2.07. The molecule has 1 nitrogen and oxygen atoms in total. The molecule has 1 heteroatoms. The van der Waals surface area contributed by atoms with Gasteiger partial charge in [-0.15, -0.1) is 0 Å². The van der Waals surface area contributed by atoms with Crippen molar-refractivity contribution >= 4 is 5.78 Å². The molecule has 0 bridgehead atoms. The third-order valence-electron chi connectivity index (χ3n) is 3.02. The quantitative estimate of drug-likeness (QED) is 0.738. The van der Waals surface area contributed by atoms with Crippen molar-refractivity contribution in [3.05, 3.63) is 70.3 Å². The van der Waals surface area contributed by atoms with Crippen LogP contribution in [0.25, 0.3) is 0 Å². The van der Waals surface area contributed by atoms with Gasteiger partial charge in [-0.3, -0.25) is 4.79 Å². The van der Waals surface area contributed by atoms with E-state index < -0.39 is 0 Å². The minimum absolute atomic E-state index is 0.181. The van der Waals surface area contributed by atoms with Gasteiger partial charge >= 0.3 is 0 Å². The predicted molar refractivity (Wildman–Crippen MR) is 75.1 cm³/mol. The number of rotatable bonds is 3. The Kier molecular flexibility index (Phi) is 3.61. The molecule has 0 saturated heterocycles. The van der Waals surface area contributed by atoms with Gasteiger partial charge in [-0.25, -0.2) is 0 Å². The molecule has 18 heavy (non-hydrogen) atoms. The maximum Gasteiger partial charge on any atom is 0.167 e. The Bertz CT molecular complexity index is 544. The number of carbonyl (C=O) groups is 1. The van der Waals surface area contributed by atoms with Crippen LogP contribution in [0.1, 0.15) is 32.6 Å². The van der Waals surface area contributed by atoms with E-state index in [4.69, 9.17) is 0 Å².